The highest BCUT2D eigenvalue weighted by Crippen LogP contribution is 2.47. The maximum Gasteiger partial charge on any atom is 0.409 e. The average molecular weight is 732 g/mol. The SMILES string of the molecule is C#Cc1c(C)ccc2c1[C@H](c1c(C)cc3c(N4CC5CCC(C5)C4)nc(OCC45CCCN4C(COC(=O)N4CCOCC4)CC5)nc3c1C)C[C@H](C)C2. The average Bonchev–Trinajstić information content (AvgIpc) is 3.85. The van der Waals surface area contributed by atoms with Crippen molar-refractivity contribution in [2.75, 3.05) is 64.1 Å². The molecule has 4 aliphatic heterocycles. The summed E-state index contributed by atoms with van der Waals surface area (Å²) >= 11 is 0. The lowest BCUT2D eigenvalue weighted by Crippen LogP contribution is -2.48. The van der Waals surface area contributed by atoms with Crippen LogP contribution in [-0.4, -0.2) is 96.6 Å². The molecule has 286 valence electrons. The van der Waals surface area contributed by atoms with Gasteiger partial charge in [0.2, 0.25) is 0 Å². The first kappa shape index (κ1) is 35.8. The number of amides is 1. The first-order valence-electron chi connectivity index (χ1n) is 20.8. The Bertz CT molecular complexity index is 1970. The molecule has 6 atom stereocenters. The lowest BCUT2D eigenvalue weighted by Gasteiger charge is -2.36. The van der Waals surface area contributed by atoms with E-state index >= 15 is 0 Å². The molecule has 9 heteroatoms. The number of aryl methyl sites for hydroxylation is 3. The van der Waals surface area contributed by atoms with E-state index in [-0.39, 0.29) is 23.6 Å². The molecule has 0 radical (unpaired) electrons. The third-order valence-corrected chi connectivity index (χ3v) is 14.1. The van der Waals surface area contributed by atoms with Gasteiger partial charge in [-0.2, -0.15) is 9.97 Å². The molecule has 2 aliphatic carbocycles. The third-order valence-electron chi connectivity index (χ3n) is 14.1. The summed E-state index contributed by atoms with van der Waals surface area (Å²) in [6.45, 7) is 15.4. The molecule has 5 heterocycles. The largest absolute Gasteiger partial charge is 0.461 e. The van der Waals surface area contributed by atoms with E-state index in [1.807, 2.05) is 0 Å². The predicted octanol–water partition coefficient (Wildman–Crippen LogP) is 7.33. The Hall–Kier alpha value is -3.87. The molecule has 4 saturated heterocycles. The van der Waals surface area contributed by atoms with Crippen molar-refractivity contribution in [2.24, 2.45) is 17.8 Å². The number of rotatable bonds is 7. The van der Waals surface area contributed by atoms with Crippen molar-refractivity contribution in [3.63, 3.8) is 0 Å². The van der Waals surface area contributed by atoms with E-state index in [1.165, 1.54) is 52.6 Å². The van der Waals surface area contributed by atoms with Gasteiger partial charge in [-0.05, 0) is 142 Å². The van der Waals surface area contributed by atoms with Crippen molar-refractivity contribution in [1.82, 2.24) is 19.8 Å². The highest BCUT2D eigenvalue weighted by Gasteiger charge is 2.50. The van der Waals surface area contributed by atoms with E-state index in [1.54, 1.807) is 4.90 Å². The van der Waals surface area contributed by atoms with E-state index in [2.05, 4.69) is 61.6 Å². The summed E-state index contributed by atoms with van der Waals surface area (Å²) in [4.78, 5) is 30.3. The maximum absolute atomic E-state index is 12.8. The molecule has 1 saturated carbocycles. The van der Waals surface area contributed by atoms with Crippen LogP contribution in [0.3, 0.4) is 0 Å². The number of fused-ring (bicyclic) bond motifs is 5. The highest BCUT2D eigenvalue weighted by atomic mass is 16.6. The van der Waals surface area contributed by atoms with Crippen molar-refractivity contribution < 1.29 is 19.0 Å². The number of ether oxygens (including phenoxy) is 3. The molecule has 9 rings (SSSR count). The van der Waals surface area contributed by atoms with Gasteiger partial charge in [-0.3, -0.25) is 4.90 Å². The van der Waals surface area contributed by atoms with Crippen LogP contribution in [-0.2, 0) is 15.9 Å². The molecule has 0 N–H and O–H groups in total. The Kier molecular flexibility index (Phi) is 9.50. The number of aromatic nitrogens is 2. The minimum atomic E-state index is -0.226. The molecular weight excluding hydrogens is 675 g/mol. The second-order valence-corrected chi connectivity index (χ2v) is 17.7. The number of hydrogen-bond donors (Lipinski definition) is 0. The van der Waals surface area contributed by atoms with Crippen LogP contribution in [0.2, 0.25) is 0 Å². The van der Waals surface area contributed by atoms with Gasteiger partial charge >= 0.3 is 12.1 Å². The van der Waals surface area contributed by atoms with Crippen LogP contribution in [0.15, 0.2) is 18.2 Å². The Morgan fingerprint density at radius 2 is 1.80 bits per heavy atom. The van der Waals surface area contributed by atoms with Gasteiger partial charge in [-0.15, -0.1) is 6.42 Å². The number of carbonyl (C=O) groups is 1. The van der Waals surface area contributed by atoms with E-state index in [9.17, 15) is 4.79 Å². The van der Waals surface area contributed by atoms with Crippen LogP contribution in [0, 0.1) is 50.9 Å². The van der Waals surface area contributed by atoms with Crippen LogP contribution >= 0.6 is 0 Å². The fourth-order valence-electron chi connectivity index (χ4n) is 11.6. The molecule has 1 amide bonds. The fraction of sp³-hybridized carbons (Fsp3) is 0.622. The zero-order chi connectivity index (χ0) is 37.1. The predicted molar refractivity (Wildman–Crippen MR) is 211 cm³/mol. The lowest BCUT2D eigenvalue weighted by molar-refractivity contribution is 0.0138. The van der Waals surface area contributed by atoms with Gasteiger partial charge in [0.1, 0.15) is 19.0 Å². The molecule has 0 spiro atoms. The molecule has 5 fully saturated rings. The first-order valence-corrected chi connectivity index (χ1v) is 20.8. The van der Waals surface area contributed by atoms with Crippen LogP contribution < -0.4 is 9.64 Å². The Balaban J connectivity index is 1.05. The van der Waals surface area contributed by atoms with Crippen molar-refractivity contribution in [3.05, 3.63) is 57.1 Å². The van der Waals surface area contributed by atoms with E-state index < -0.39 is 0 Å². The van der Waals surface area contributed by atoms with Crippen molar-refractivity contribution in [2.45, 2.75) is 103 Å². The minimum Gasteiger partial charge on any atom is -0.461 e. The second kappa shape index (κ2) is 14.3. The van der Waals surface area contributed by atoms with Crippen molar-refractivity contribution >= 4 is 22.8 Å². The lowest BCUT2D eigenvalue weighted by atomic mass is 9.70. The number of morpholine rings is 1. The van der Waals surface area contributed by atoms with Gasteiger partial charge in [0.25, 0.3) is 0 Å². The van der Waals surface area contributed by atoms with Crippen molar-refractivity contribution in [1.29, 1.82) is 0 Å². The van der Waals surface area contributed by atoms with Gasteiger partial charge in [-0.1, -0.05) is 25.0 Å². The first-order chi connectivity index (χ1) is 26.2. The van der Waals surface area contributed by atoms with Crippen LogP contribution in [0.5, 0.6) is 6.01 Å². The number of anilines is 1. The molecule has 6 aliphatic rings. The second-order valence-electron chi connectivity index (χ2n) is 17.7. The van der Waals surface area contributed by atoms with Crippen LogP contribution in [0.4, 0.5) is 10.6 Å². The highest BCUT2D eigenvalue weighted by molar-refractivity contribution is 5.94. The molecule has 2 bridgehead atoms. The number of carbonyl (C=O) groups excluding carboxylic acids is 1. The molecular formula is C45H57N5O4. The number of nitrogens with zero attached hydrogens (tertiary/aromatic N) is 5. The van der Waals surface area contributed by atoms with Crippen LogP contribution in [0.25, 0.3) is 10.9 Å². The topological polar surface area (TPSA) is 80.3 Å². The van der Waals surface area contributed by atoms with Gasteiger partial charge in [0, 0.05) is 49.1 Å². The maximum atomic E-state index is 12.8. The fourth-order valence-corrected chi connectivity index (χ4v) is 11.6. The smallest absolute Gasteiger partial charge is 0.409 e. The van der Waals surface area contributed by atoms with Gasteiger partial charge in [0.15, 0.2) is 0 Å². The van der Waals surface area contributed by atoms with Gasteiger partial charge in [-0.25, -0.2) is 4.79 Å². The molecule has 2 aromatic carbocycles. The Morgan fingerprint density at radius 1 is 1.00 bits per heavy atom. The summed E-state index contributed by atoms with van der Waals surface area (Å²) < 4.78 is 18.1. The monoisotopic (exact) mass is 731 g/mol. The van der Waals surface area contributed by atoms with Gasteiger partial charge < -0.3 is 24.0 Å². The van der Waals surface area contributed by atoms with E-state index in [0.717, 1.165) is 92.3 Å². The zero-order valence-electron chi connectivity index (χ0n) is 32.8. The minimum absolute atomic E-state index is 0.0995. The standard InChI is InChI=1S/C45H57N5O4/c1-6-36-29(3)8-11-34-20-28(2)21-37(40(34)36)39-30(4)22-38-41(31(39)5)46-43(47-42(38)49-24-32-9-10-33(23-32)25-49)54-27-45-13-7-15-50(45)35(12-14-45)26-53-44(51)48-16-18-52-19-17-48/h1,8,11,22,28,32-33,35,37H,7,9-10,12-21,23-27H2,2-5H3/t28-,32?,33?,35?,37+,45?/m1/s1. The van der Waals surface area contributed by atoms with Crippen molar-refractivity contribution in [3.8, 4) is 18.4 Å². The molecule has 3 aromatic rings. The molecule has 54 heavy (non-hydrogen) atoms. The van der Waals surface area contributed by atoms with E-state index in [4.69, 9.17) is 30.6 Å². The molecule has 9 nitrogen and oxygen atoms in total. The summed E-state index contributed by atoms with van der Waals surface area (Å²) in [7, 11) is 0. The number of benzene rings is 2. The zero-order valence-corrected chi connectivity index (χ0v) is 32.8. The Morgan fingerprint density at radius 3 is 2.57 bits per heavy atom. The number of terminal acetylenes is 1. The quantitative estimate of drug-likeness (QED) is 0.234. The Labute approximate surface area is 321 Å². The van der Waals surface area contributed by atoms with Gasteiger partial charge in [0.05, 0.1) is 24.3 Å². The van der Waals surface area contributed by atoms with Crippen LogP contribution in [0.1, 0.15) is 103 Å². The number of piperidine rings is 1. The molecule has 4 unspecified atom stereocenters. The number of hydrogen-bond acceptors (Lipinski definition) is 8. The molecule has 1 aromatic heterocycles. The summed E-state index contributed by atoms with van der Waals surface area (Å²) in [5, 5.41) is 1.14. The summed E-state index contributed by atoms with van der Waals surface area (Å²) in [6, 6.07) is 7.56. The normalized spacial score (nSPS) is 29.3. The summed E-state index contributed by atoms with van der Waals surface area (Å²) in [6.07, 6.45) is 16.3. The summed E-state index contributed by atoms with van der Waals surface area (Å²) in [5.41, 5.74) is 9.74. The summed E-state index contributed by atoms with van der Waals surface area (Å²) in [5.74, 6) is 6.35. The third kappa shape index (κ3) is 6.31. The van der Waals surface area contributed by atoms with E-state index in [0.29, 0.717) is 51.4 Å².